The van der Waals surface area contributed by atoms with Crippen molar-refractivity contribution < 1.29 is 9.32 Å². The number of hydrogen-bond acceptors (Lipinski definition) is 7. The van der Waals surface area contributed by atoms with Crippen molar-refractivity contribution in [2.75, 3.05) is 46.3 Å². The van der Waals surface area contributed by atoms with Crippen molar-refractivity contribution in [3.63, 3.8) is 0 Å². The lowest BCUT2D eigenvalue weighted by molar-refractivity contribution is 0.104. The predicted octanol–water partition coefficient (Wildman–Crippen LogP) is 1.15. The minimum Gasteiger partial charge on any atom is -0.339 e. The molecular formula is C18H25N7O2. The van der Waals surface area contributed by atoms with E-state index in [0.29, 0.717) is 29.7 Å². The van der Waals surface area contributed by atoms with Crippen molar-refractivity contribution in [1.82, 2.24) is 34.8 Å². The van der Waals surface area contributed by atoms with Crippen LogP contribution in [-0.2, 0) is 6.42 Å². The van der Waals surface area contributed by atoms with E-state index in [2.05, 4.69) is 32.1 Å². The molecule has 4 heterocycles. The monoisotopic (exact) mass is 371 g/mol. The normalized spacial score (nSPS) is 21.4. The number of carbonyl (C=O) groups excluding carboxylic acids is 1. The Kier molecular flexibility index (Phi) is 5.28. The zero-order valence-electron chi connectivity index (χ0n) is 15.6. The summed E-state index contributed by atoms with van der Waals surface area (Å²) in [7, 11) is 2.10. The number of likely N-dealkylation sites (N-methyl/N-ethyl adjacent to an activating group) is 1. The van der Waals surface area contributed by atoms with E-state index in [4.69, 9.17) is 4.52 Å². The average Bonchev–Trinajstić information content (AvgIpc) is 3.17. The number of piperazine rings is 1. The second-order valence-electron chi connectivity index (χ2n) is 7.33. The molecule has 0 saturated carbocycles. The number of nitrogens with zero attached hydrogens (tertiary/aromatic N) is 7. The SMILES string of the molecule is CN1CCN(C(=O)N2CCCC(Cc3nc(-c4cnccn4)no3)C2)CC1. The standard InChI is InChI=1S/C18H25N7O2/c1-23-7-9-24(10-8-23)18(26)25-6-2-3-14(13-25)11-16-21-17(22-27-16)15-12-19-4-5-20-15/h4-5,12,14H,2-3,6-11,13H2,1H3. The molecule has 0 aromatic carbocycles. The van der Waals surface area contributed by atoms with Gasteiger partial charge in [0.1, 0.15) is 5.69 Å². The first-order valence-corrected chi connectivity index (χ1v) is 9.50. The third kappa shape index (κ3) is 4.24. The number of carbonyl (C=O) groups is 1. The first-order valence-electron chi connectivity index (χ1n) is 9.50. The van der Waals surface area contributed by atoms with E-state index in [9.17, 15) is 4.79 Å². The maximum Gasteiger partial charge on any atom is 0.320 e. The molecular weight excluding hydrogens is 346 g/mol. The van der Waals surface area contributed by atoms with E-state index in [1.165, 1.54) is 0 Å². The molecule has 2 amide bonds. The van der Waals surface area contributed by atoms with Crippen LogP contribution in [0.5, 0.6) is 0 Å². The first-order chi connectivity index (χ1) is 13.2. The highest BCUT2D eigenvalue weighted by Gasteiger charge is 2.29. The maximum absolute atomic E-state index is 12.8. The van der Waals surface area contributed by atoms with Gasteiger partial charge < -0.3 is 19.2 Å². The maximum atomic E-state index is 12.8. The smallest absolute Gasteiger partial charge is 0.320 e. The summed E-state index contributed by atoms with van der Waals surface area (Å²) in [6.07, 6.45) is 7.59. The molecule has 9 nitrogen and oxygen atoms in total. The average molecular weight is 371 g/mol. The quantitative estimate of drug-likeness (QED) is 0.799. The van der Waals surface area contributed by atoms with E-state index >= 15 is 0 Å². The third-order valence-corrected chi connectivity index (χ3v) is 5.29. The molecule has 2 fully saturated rings. The summed E-state index contributed by atoms with van der Waals surface area (Å²) in [5.74, 6) is 1.39. The molecule has 2 aromatic heterocycles. The van der Waals surface area contributed by atoms with Crippen molar-refractivity contribution in [1.29, 1.82) is 0 Å². The van der Waals surface area contributed by atoms with Gasteiger partial charge in [-0.15, -0.1) is 0 Å². The fourth-order valence-corrected chi connectivity index (χ4v) is 3.71. The molecule has 0 aliphatic carbocycles. The van der Waals surface area contributed by atoms with Gasteiger partial charge in [-0.3, -0.25) is 4.98 Å². The number of urea groups is 1. The van der Waals surface area contributed by atoms with Crippen molar-refractivity contribution in [2.24, 2.45) is 5.92 Å². The molecule has 4 rings (SSSR count). The van der Waals surface area contributed by atoms with Crippen LogP contribution in [0.1, 0.15) is 18.7 Å². The van der Waals surface area contributed by atoms with Gasteiger partial charge >= 0.3 is 6.03 Å². The number of amides is 2. The van der Waals surface area contributed by atoms with Gasteiger partial charge in [0, 0.05) is 58.1 Å². The Bertz CT molecular complexity index is 758. The van der Waals surface area contributed by atoms with E-state index in [1.54, 1.807) is 18.6 Å². The second kappa shape index (κ2) is 7.99. The van der Waals surface area contributed by atoms with Crippen LogP contribution in [0.3, 0.4) is 0 Å². The van der Waals surface area contributed by atoms with Crippen molar-refractivity contribution >= 4 is 6.03 Å². The van der Waals surface area contributed by atoms with E-state index in [1.807, 2.05) is 9.80 Å². The van der Waals surface area contributed by atoms with Crippen LogP contribution < -0.4 is 0 Å². The van der Waals surface area contributed by atoms with Gasteiger partial charge in [0.2, 0.25) is 11.7 Å². The molecule has 2 aliphatic heterocycles. The Balaban J connectivity index is 1.35. The highest BCUT2D eigenvalue weighted by atomic mass is 16.5. The van der Waals surface area contributed by atoms with Crippen molar-refractivity contribution in [3.05, 3.63) is 24.5 Å². The molecule has 0 bridgehead atoms. The summed E-state index contributed by atoms with van der Waals surface area (Å²) in [6, 6.07) is 0.165. The van der Waals surface area contributed by atoms with E-state index < -0.39 is 0 Å². The summed E-state index contributed by atoms with van der Waals surface area (Å²) in [5, 5.41) is 4.00. The Morgan fingerprint density at radius 2 is 2.04 bits per heavy atom. The molecule has 2 saturated heterocycles. The van der Waals surface area contributed by atoms with Crippen LogP contribution in [0.25, 0.3) is 11.5 Å². The van der Waals surface area contributed by atoms with Gasteiger partial charge in [0.05, 0.1) is 6.20 Å². The summed E-state index contributed by atoms with van der Waals surface area (Å²) in [5.41, 5.74) is 0.600. The molecule has 1 atom stereocenters. The molecule has 2 aromatic rings. The Morgan fingerprint density at radius 3 is 2.81 bits per heavy atom. The van der Waals surface area contributed by atoms with Crippen LogP contribution >= 0.6 is 0 Å². The van der Waals surface area contributed by atoms with Crippen LogP contribution in [0.15, 0.2) is 23.1 Å². The highest BCUT2D eigenvalue weighted by Crippen LogP contribution is 2.22. The van der Waals surface area contributed by atoms with Gasteiger partial charge in [0.25, 0.3) is 0 Å². The topological polar surface area (TPSA) is 91.5 Å². The Labute approximate surface area is 158 Å². The van der Waals surface area contributed by atoms with Crippen LogP contribution in [-0.4, -0.2) is 87.2 Å². The van der Waals surface area contributed by atoms with Gasteiger partial charge in [0.15, 0.2) is 0 Å². The molecule has 0 N–H and O–H groups in total. The summed E-state index contributed by atoms with van der Waals surface area (Å²) in [4.78, 5) is 31.7. The fraction of sp³-hybridized carbons (Fsp3) is 0.611. The molecule has 9 heteroatoms. The van der Waals surface area contributed by atoms with E-state index in [0.717, 1.165) is 52.1 Å². The predicted molar refractivity (Wildman–Crippen MR) is 97.8 cm³/mol. The van der Waals surface area contributed by atoms with Crippen LogP contribution in [0.4, 0.5) is 4.79 Å². The van der Waals surface area contributed by atoms with Crippen molar-refractivity contribution in [2.45, 2.75) is 19.3 Å². The minimum atomic E-state index is 0.165. The molecule has 2 aliphatic rings. The molecule has 27 heavy (non-hydrogen) atoms. The lowest BCUT2D eigenvalue weighted by atomic mass is 9.95. The Hall–Kier alpha value is -2.55. The third-order valence-electron chi connectivity index (χ3n) is 5.29. The molecule has 1 unspecified atom stereocenters. The zero-order chi connectivity index (χ0) is 18.6. The van der Waals surface area contributed by atoms with Crippen LogP contribution in [0, 0.1) is 5.92 Å². The zero-order valence-corrected chi connectivity index (χ0v) is 15.6. The fourth-order valence-electron chi connectivity index (χ4n) is 3.71. The summed E-state index contributed by atoms with van der Waals surface area (Å²) in [6.45, 7) is 5.07. The number of likely N-dealkylation sites (tertiary alicyclic amines) is 1. The van der Waals surface area contributed by atoms with Crippen molar-refractivity contribution in [3.8, 4) is 11.5 Å². The summed E-state index contributed by atoms with van der Waals surface area (Å²) >= 11 is 0. The van der Waals surface area contributed by atoms with Gasteiger partial charge in [-0.1, -0.05) is 5.16 Å². The minimum absolute atomic E-state index is 0.165. The number of aromatic nitrogens is 4. The largest absolute Gasteiger partial charge is 0.339 e. The molecule has 0 radical (unpaired) electrons. The number of hydrogen-bond donors (Lipinski definition) is 0. The Morgan fingerprint density at radius 1 is 1.19 bits per heavy atom. The van der Waals surface area contributed by atoms with Gasteiger partial charge in [-0.05, 0) is 25.8 Å². The molecule has 144 valence electrons. The number of rotatable bonds is 3. The molecule has 0 spiro atoms. The van der Waals surface area contributed by atoms with Gasteiger partial charge in [-0.25, -0.2) is 9.78 Å². The first kappa shape index (κ1) is 17.8. The lowest BCUT2D eigenvalue weighted by Gasteiger charge is -2.39. The second-order valence-corrected chi connectivity index (χ2v) is 7.33. The number of piperidine rings is 1. The highest BCUT2D eigenvalue weighted by molar-refractivity contribution is 5.74. The lowest BCUT2D eigenvalue weighted by Crippen LogP contribution is -2.53. The van der Waals surface area contributed by atoms with Crippen LogP contribution in [0.2, 0.25) is 0 Å². The summed E-state index contributed by atoms with van der Waals surface area (Å²) < 4.78 is 5.40. The van der Waals surface area contributed by atoms with E-state index in [-0.39, 0.29) is 6.03 Å². The van der Waals surface area contributed by atoms with Gasteiger partial charge in [-0.2, -0.15) is 4.98 Å².